The van der Waals surface area contributed by atoms with Gasteiger partial charge in [0.1, 0.15) is 0 Å². The van der Waals surface area contributed by atoms with Gasteiger partial charge in [-0.25, -0.2) is 0 Å². The maximum atomic E-state index is 9.74. The first-order chi connectivity index (χ1) is 6.93. The molecule has 0 aliphatic carbocycles. The summed E-state index contributed by atoms with van der Waals surface area (Å²) in [6.45, 7) is 10.2. The summed E-state index contributed by atoms with van der Waals surface area (Å²) >= 11 is 0. The Morgan fingerprint density at radius 3 is 2.20 bits per heavy atom. The van der Waals surface area contributed by atoms with Crippen LogP contribution >= 0.6 is 0 Å². The molecule has 3 nitrogen and oxygen atoms in total. The lowest BCUT2D eigenvalue weighted by Gasteiger charge is -2.21. The van der Waals surface area contributed by atoms with Crippen molar-refractivity contribution in [3.05, 3.63) is 0 Å². The Morgan fingerprint density at radius 2 is 1.73 bits per heavy atom. The molecule has 92 valence electrons. The third-order valence-electron chi connectivity index (χ3n) is 2.49. The van der Waals surface area contributed by atoms with Crippen LogP contribution in [-0.4, -0.2) is 30.3 Å². The average Bonchev–Trinajstić information content (AvgIpc) is 2.10. The molecular formula is C12H28N2O. The van der Waals surface area contributed by atoms with Crippen molar-refractivity contribution < 1.29 is 5.11 Å². The van der Waals surface area contributed by atoms with Crippen LogP contribution in [0.2, 0.25) is 0 Å². The molecule has 0 aromatic heterocycles. The predicted molar refractivity (Wildman–Crippen MR) is 65.8 cm³/mol. The number of aliphatic hydroxyl groups excluding tert-OH is 1. The molecule has 0 bridgehead atoms. The Kier molecular flexibility index (Phi) is 8.02. The summed E-state index contributed by atoms with van der Waals surface area (Å²) in [5, 5.41) is 13.0. The molecule has 0 aliphatic heterocycles. The van der Waals surface area contributed by atoms with Crippen molar-refractivity contribution >= 4 is 0 Å². The second-order valence-electron chi connectivity index (χ2n) is 5.25. The quantitative estimate of drug-likeness (QED) is 0.537. The second kappa shape index (κ2) is 8.08. The van der Waals surface area contributed by atoms with Gasteiger partial charge in [0.25, 0.3) is 0 Å². The van der Waals surface area contributed by atoms with Crippen molar-refractivity contribution in [3.63, 3.8) is 0 Å². The topological polar surface area (TPSA) is 58.3 Å². The molecule has 0 radical (unpaired) electrons. The van der Waals surface area contributed by atoms with Crippen LogP contribution in [0.25, 0.3) is 0 Å². The lowest BCUT2D eigenvalue weighted by molar-refractivity contribution is 0.132. The van der Waals surface area contributed by atoms with Crippen LogP contribution in [0.3, 0.4) is 0 Å². The van der Waals surface area contributed by atoms with Gasteiger partial charge in [-0.2, -0.15) is 0 Å². The Hall–Kier alpha value is -0.120. The van der Waals surface area contributed by atoms with Gasteiger partial charge in [0.2, 0.25) is 0 Å². The zero-order chi connectivity index (χ0) is 11.8. The summed E-state index contributed by atoms with van der Waals surface area (Å²) in [6.07, 6.45) is 1.61. The van der Waals surface area contributed by atoms with Crippen molar-refractivity contribution in [2.24, 2.45) is 17.6 Å². The van der Waals surface area contributed by atoms with Gasteiger partial charge in [0.05, 0.1) is 6.10 Å². The minimum Gasteiger partial charge on any atom is -0.390 e. The number of nitrogens with one attached hydrogen (secondary N) is 1. The van der Waals surface area contributed by atoms with Gasteiger partial charge in [0.15, 0.2) is 0 Å². The molecule has 0 rings (SSSR count). The maximum absolute atomic E-state index is 9.74. The van der Waals surface area contributed by atoms with E-state index in [0.717, 1.165) is 19.4 Å². The van der Waals surface area contributed by atoms with E-state index < -0.39 is 6.10 Å². The zero-order valence-electron chi connectivity index (χ0n) is 10.7. The van der Waals surface area contributed by atoms with Crippen LogP contribution in [0.15, 0.2) is 0 Å². The molecular weight excluding hydrogens is 188 g/mol. The second-order valence-corrected chi connectivity index (χ2v) is 5.25. The van der Waals surface area contributed by atoms with Crippen molar-refractivity contribution in [1.82, 2.24) is 5.32 Å². The Labute approximate surface area is 94.4 Å². The monoisotopic (exact) mass is 216 g/mol. The van der Waals surface area contributed by atoms with Crippen LogP contribution in [0.5, 0.6) is 0 Å². The van der Waals surface area contributed by atoms with Crippen molar-refractivity contribution in [2.75, 3.05) is 13.1 Å². The van der Waals surface area contributed by atoms with Gasteiger partial charge in [-0.05, 0) is 31.2 Å². The molecule has 0 fully saturated rings. The van der Waals surface area contributed by atoms with Crippen LogP contribution < -0.4 is 11.1 Å². The van der Waals surface area contributed by atoms with E-state index in [-0.39, 0.29) is 6.04 Å². The third kappa shape index (κ3) is 8.85. The number of hydrogen-bond donors (Lipinski definition) is 3. The SMILES string of the molecule is CC(C)CCNCC(O)[C@@H](N)CC(C)C. The average molecular weight is 216 g/mol. The number of hydrogen-bond acceptors (Lipinski definition) is 3. The number of aliphatic hydroxyl groups is 1. The molecule has 3 heteroatoms. The molecule has 2 atom stereocenters. The minimum absolute atomic E-state index is 0.100. The van der Waals surface area contributed by atoms with Gasteiger partial charge >= 0.3 is 0 Å². The predicted octanol–water partition coefficient (Wildman–Crippen LogP) is 1.36. The number of rotatable bonds is 8. The molecule has 15 heavy (non-hydrogen) atoms. The van der Waals surface area contributed by atoms with Crippen molar-refractivity contribution in [3.8, 4) is 0 Å². The van der Waals surface area contributed by atoms with Gasteiger partial charge in [-0.15, -0.1) is 0 Å². The van der Waals surface area contributed by atoms with E-state index >= 15 is 0 Å². The van der Waals surface area contributed by atoms with Gasteiger partial charge in [-0.3, -0.25) is 0 Å². The lowest BCUT2D eigenvalue weighted by Crippen LogP contribution is -2.42. The minimum atomic E-state index is -0.417. The summed E-state index contributed by atoms with van der Waals surface area (Å²) in [7, 11) is 0. The van der Waals surface area contributed by atoms with E-state index in [1.807, 2.05) is 0 Å². The fourth-order valence-corrected chi connectivity index (χ4v) is 1.49. The van der Waals surface area contributed by atoms with E-state index in [0.29, 0.717) is 18.4 Å². The Bertz CT molecular complexity index is 149. The highest BCUT2D eigenvalue weighted by Crippen LogP contribution is 2.05. The molecule has 0 heterocycles. The van der Waals surface area contributed by atoms with E-state index in [4.69, 9.17) is 5.73 Å². The van der Waals surface area contributed by atoms with Crippen molar-refractivity contribution in [2.45, 2.75) is 52.7 Å². The maximum Gasteiger partial charge on any atom is 0.0815 e. The van der Waals surface area contributed by atoms with E-state index in [2.05, 4.69) is 33.0 Å². The molecule has 0 spiro atoms. The summed E-state index contributed by atoms with van der Waals surface area (Å²) in [5.74, 6) is 1.25. The standard InChI is InChI=1S/C12H28N2O/c1-9(2)5-6-14-8-12(15)11(13)7-10(3)4/h9-12,14-15H,5-8,13H2,1-4H3/t11-,12?/m0/s1. The molecule has 0 amide bonds. The van der Waals surface area contributed by atoms with Crippen LogP contribution in [0.1, 0.15) is 40.5 Å². The first-order valence-electron chi connectivity index (χ1n) is 6.07. The normalized spacial score (nSPS) is 16.0. The van der Waals surface area contributed by atoms with E-state index in [1.54, 1.807) is 0 Å². The molecule has 0 saturated carbocycles. The molecule has 0 aliphatic rings. The first-order valence-corrected chi connectivity index (χ1v) is 6.07. The highest BCUT2D eigenvalue weighted by Gasteiger charge is 2.15. The van der Waals surface area contributed by atoms with Crippen molar-refractivity contribution in [1.29, 1.82) is 0 Å². The summed E-state index contributed by atoms with van der Waals surface area (Å²) in [6, 6.07) is -0.100. The van der Waals surface area contributed by atoms with Crippen LogP contribution in [-0.2, 0) is 0 Å². The largest absolute Gasteiger partial charge is 0.390 e. The van der Waals surface area contributed by atoms with E-state index in [1.165, 1.54) is 0 Å². The molecule has 0 aromatic carbocycles. The first kappa shape index (κ1) is 14.9. The molecule has 1 unspecified atom stereocenters. The van der Waals surface area contributed by atoms with Gasteiger partial charge in [-0.1, -0.05) is 27.7 Å². The summed E-state index contributed by atoms with van der Waals surface area (Å²) in [4.78, 5) is 0. The number of nitrogens with two attached hydrogens (primary N) is 1. The van der Waals surface area contributed by atoms with Gasteiger partial charge in [0, 0.05) is 12.6 Å². The van der Waals surface area contributed by atoms with Crippen LogP contribution in [0, 0.1) is 11.8 Å². The zero-order valence-corrected chi connectivity index (χ0v) is 10.7. The summed E-state index contributed by atoms with van der Waals surface area (Å²) < 4.78 is 0. The van der Waals surface area contributed by atoms with Gasteiger partial charge < -0.3 is 16.2 Å². The Balaban J connectivity index is 3.51. The van der Waals surface area contributed by atoms with E-state index in [9.17, 15) is 5.11 Å². The fourth-order valence-electron chi connectivity index (χ4n) is 1.49. The highest BCUT2D eigenvalue weighted by molar-refractivity contribution is 4.74. The van der Waals surface area contributed by atoms with Crippen LogP contribution in [0.4, 0.5) is 0 Å². The Morgan fingerprint density at radius 1 is 1.13 bits per heavy atom. The molecule has 4 N–H and O–H groups in total. The lowest BCUT2D eigenvalue weighted by atomic mass is 10.00. The fraction of sp³-hybridized carbons (Fsp3) is 1.00. The smallest absolute Gasteiger partial charge is 0.0815 e. The third-order valence-corrected chi connectivity index (χ3v) is 2.49. The molecule has 0 saturated heterocycles. The highest BCUT2D eigenvalue weighted by atomic mass is 16.3. The molecule has 0 aromatic rings. The summed E-state index contributed by atoms with van der Waals surface area (Å²) in [5.41, 5.74) is 5.87.